The highest BCUT2D eigenvalue weighted by molar-refractivity contribution is 5.75. The number of carbonyl (C=O) groups is 2. The molecule has 0 fully saturated rings. The minimum Gasteiger partial charge on any atom is -0.328 e. The van der Waals surface area contributed by atoms with E-state index in [-0.39, 0.29) is 11.8 Å². The van der Waals surface area contributed by atoms with Crippen molar-refractivity contribution >= 4 is 11.8 Å². The summed E-state index contributed by atoms with van der Waals surface area (Å²) in [7, 11) is 3.31. The zero-order valence-corrected chi connectivity index (χ0v) is 7.42. The van der Waals surface area contributed by atoms with Crippen LogP contribution >= 0.6 is 0 Å². The predicted molar refractivity (Wildman–Crippen MR) is 41.8 cm³/mol. The molecule has 0 N–H and O–H groups in total. The molecule has 0 saturated carbocycles. The zero-order valence-electron chi connectivity index (χ0n) is 7.42. The molecule has 0 aromatic heterocycles. The molecule has 0 aromatic carbocycles. The van der Waals surface area contributed by atoms with Gasteiger partial charge in [0.15, 0.2) is 0 Å². The van der Waals surface area contributed by atoms with Gasteiger partial charge in [-0.1, -0.05) is 0 Å². The molecule has 0 spiro atoms. The monoisotopic (exact) mass is 158 g/mol. The van der Waals surface area contributed by atoms with Crippen LogP contribution in [0.25, 0.3) is 0 Å². The van der Waals surface area contributed by atoms with E-state index in [1.807, 2.05) is 0 Å². The molecule has 0 saturated heterocycles. The summed E-state index contributed by atoms with van der Waals surface area (Å²) in [6, 6.07) is 0. The molecule has 0 aliphatic carbocycles. The Bertz CT molecular complexity index is 150. The van der Waals surface area contributed by atoms with Crippen LogP contribution in [-0.2, 0) is 9.59 Å². The third-order valence-electron chi connectivity index (χ3n) is 1.50. The highest BCUT2D eigenvalue weighted by Crippen LogP contribution is 1.88. The van der Waals surface area contributed by atoms with Gasteiger partial charge in [0.1, 0.15) is 0 Å². The molecule has 0 aliphatic heterocycles. The topological polar surface area (TPSA) is 40.6 Å². The number of nitrogens with zero attached hydrogens (tertiary/aromatic N) is 2. The second-order valence-corrected chi connectivity index (χ2v) is 2.58. The quantitative estimate of drug-likeness (QED) is 0.526. The minimum atomic E-state index is -0.0434. The summed E-state index contributed by atoms with van der Waals surface area (Å²) in [5, 5.41) is 0. The van der Waals surface area contributed by atoms with Crippen LogP contribution in [0.4, 0.5) is 0 Å². The van der Waals surface area contributed by atoms with Crippen molar-refractivity contribution < 1.29 is 9.59 Å². The van der Waals surface area contributed by atoms with Gasteiger partial charge in [0.25, 0.3) is 0 Å². The second-order valence-electron chi connectivity index (χ2n) is 2.58. The lowest BCUT2D eigenvalue weighted by Crippen LogP contribution is -2.38. The summed E-state index contributed by atoms with van der Waals surface area (Å²) in [6.45, 7) is 3.28. The highest BCUT2D eigenvalue weighted by atomic mass is 16.2. The lowest BCUT2D eigenvalue weighted by molar-refractivity contribution is -0.134. The van der Waals surface area contributed by atoms with Crippen molar-refractivity contribution in [1.82, 2.24) is 9.80 Å². The maximum Gasteiger partial charge on any atom is 0.220 e. The maximum absolute atomic E-state index is 10.7. The van der Waals surface area contributed by atoms with E-state index in [0.29, 0.717) is 6.67 Å². The fourth-order valence-electron chi connectivity index (χ4n) is 0.517. The third kappa shape index (κ3) is 3.60. The van der Waals surface area contributed by atoms with Gasteiger partial charge in [-0.3, -0.25) is 9.59 Å². The van der Waals surface area contributed by atoms with Gasteiger partial charge < -0.3 is 9.80 Å². The number of hydrogen-bond acceptors (Lipinski definition) is 2. The summed E-state index contributed by atoms with van der Waals surface area (Å²) in [4.78, 5) is 24.3. The lowest BCUT2D eigenvalue weighted by Gasteiger charge is -2.22. The lowest BCUT2D eigenvalue weighted by atomic mass is 10.5. The average Bonchev–Trinajstić information content (AvgIpc) is 1.87. The molecule has 0 radical (unpaired) electrons. The van der Waals surface area contributed by atoms with E-state index in [9.17, 15) is 9.59 Å². The van der Waals surface area contributed by atoms with Gasteiger partial charge in [-0.15, -0.1) is 0 Å². The largest absolute Gasteiger partial charge is 0.328 e. The number of rotatable bonds is 2. The van der Waals surface area contributed by atoms with Crippen molar-refractivity contribution in [2.75, 3.05) is 20.8 Å². The molecule has 0 aliphatic rings. The van der Waals surface area contributed by atoms with Crippen molar-refractivity contribution in [2.24, 2.45) is 0 Å². The van der Waals surface area contributed by atoms with Crippen LogP contribution < -0.4 is 0 Å². The van der Waals surface area contributed by atoms with E-state index in [0.717, 1.165) is 0 Å². The Labute approximate surface area is 66.8 Å². The van der Waals surface area contributed by atoms with Gasteiger partial charge in [-0.05, 0) is 0 Å². The Morgan fingerprint density at radius 1 is 1.00 bits per heavy atom. The molecule has 4 nitrogen and oxygen atoms in total. The van der Waals surface area contributed by atoms with Crippen molar-refractivity contribution in [2.45, 2.75) is 13.8 Å². The third-order valence-corrected chi connectivity index (χ3v) is 1.50. The van der Waals surface area contributed by atoms with E-state index in [1.165, 1.54) is 23.6 Å². The van der Waals surface area contributed by atoms with Crippen molar-refractivity contribution in [3.05, 3.63) is 0 Å². The summed E-state index contributed by atoms with van der Waals surface area (Å²) < 4.78 is 0. The molecule has 0 atom stereocenters. The Morgan fingerprint density at radius 2 is 1.27 bits per heavy atom. The van der Waals surface area contributed by atoms with Gasteiger partial charge >= 0.3 is 0 Å². The first-order valence-electron chi connectivity index (χ1n) is 3.38. The fourth-order valence-corrected chi connectivity index (χ4v) is 0.517. The van der Waals surface area contributed by atoms with Crippen LogP contribution in [0.5, 0.6) is 0 Å². The van der Waals surface area contributed by atoms with Crippen LogP contribution in [0.15, 0.2) is 0 Å². The summed E-state index contributed by atoms with van der Waals surface area (Å²) in [5.41, 5.74) is 0. The Morgan fingerprint density at radius 3 is 1.45 bits per heavy atom. The first-order valence-corrected chi connectivity index (χ1v) is 3.38. The number of carbonyl (C=O) groups excluding carboxylic acids is 2. The smallest absolute Gasteiger partial charge is 0.220 e. The molecular formula is C7H14N2O2. The molecule has 0 unspecified atom stereocenters. The van der Waals surface area contributed by atoms with Gasteiger partial charge in [0.05, 0.1) is 6.67 Å². The zero-order chi connectivity index (χ0) is 9.02. The molecular weight excluding hydrogens is 144 g/mol. The maximum atomic E-state index is 10.7. The average molecular weight is 158 g/mol. The Balaban J connectivity index is 3.84. The first-order chi connectivity index (χ1) is 4.95. The SMILES string of the molecule is CC(=O)N(C)CN(C)C(C)=O. The fraction of sp³-hybridized carbons (Fsp3) is 0.714. The molecule has 0 rings (SSSR count). The second kappa shape index (κ2) is 3.95. The standard InChI is InChI=1S/C7H14N2O2/c1-6(10)8(3)5-9(4)7(2)11/h5H2,1-4H3. The van der Waals surface area contributed by atoms with Crippen LogP contribution in [0, 0.1) is 0 Å². The van der Waals surface area contributed by atoms with Crippen LogP contribution in [0.1, 0.15) is 13.8 Å². The normalized spacial score (nSPS) is 9.09. The van der Waals surface area contributed by atoms with Crippen LogP contribution in [0.2, 0.25) is 0 Å². The molecule has 2 amide bonds. The molecule has 64 valence electrons. The van der Waals surface area contributed by atoms with Crippen molar-refractivity contribution in [3.8, 4) is 0 Å². The molecule has 0 aromatic rings. The Hall–Kier alpha value is -1.06. The van der Waals surface area contributed by atoms with Gasteiger partial charge in [-0.2, -0.15) is 0 Å². The summed E-state index contributed by atoms with van der Waals surface area (Å²) in [5.74, 6) is -0.0869. The molecule has 0 heterocycles. The molecule has 4 heteroatoms. The first kappa shape index (κ1) is 9.94. The van der Waals surface area contributed by atoms with Gasteiger partial charge in [0.2, 0.25) is 11.8 Å². The van der Waals surface area contributed by atoms with Gasteiger partial charge in [0, 0.05) is 27.9 Å². The Kier molecular flexibility index (Phi) is 3.57. The van der Waals surface area contributed by atoms with Crippen molar-refractivity contribution in [1.29, 1.82) is 0 Å². The van der Waals surface area contributed by atoms with Crippen LogP contribution in [0.3, 0.4) is 0 Å². The predicted octanol–water partition coefficient (Wildman–Crippen LogP) is -0.0995. The van der Waals surface area contributed by atoms with Crippen molar-refractivity contribution in [3.63, 3.8) is 0 Å². The highest BCUT2D eigenvalue weighted by Gasteiger charge is 2.07. The summed E-state index contributed by atoms with van der Waals surface area (Å²) >= 11 is 0. The van der Waals surface area contributed by atoms with E-state index in [1.54, 1.807) is 14.1 Å². The van der Waals surface area contributed by atoms with Crippen LogP contribution in [-0.4, -0.2) is 42.4 Å². The number of amides is 2. The summed E-state index contributed by atoms with van der Waals surface area (Å²) in [6.07, 6.45) is 0. The van der Waals surface area contributed by atoms with Gasteiger partial charge in [-0.25, -0.2) is 0 Å². The molecule has 11 heavy (non-hydrogen) atoms. The van der Waals surface area contributed by atoms with E-state index in [2.05, 4.69) is 0 Å². The van der Waals surface area contributed by atoms with E-state index >= 15 is 0 Å². The van der Waals surface area contributed by atoms with E-state index in [4.69, 9.17) is 0 Å². The van der Waals surface area contributed by atoms with E-state index < -0.39 is 0 Å². The molecule has 0 bridgehead atoms. The number of hydrogen-bond donors (Lipinski definition) is 0. The minimum absolute atomic E-state index is 0.0434.